The van der Waals surface area contributed by atoms with Crippen molar-refractivity contribution >= 4 is 17.4 Å². The second kappa shape index (κ2) is 5.26. The average molecular weight is 265 g/mol. The molecule has 1 unspecified atom stereocenters. The molecular weight excluding hydrogens is 249 g/mol. The van der Waals surface area contributed by atoms with Gasteiger partial charge in [0.05, 0.1) is 5.56 Å². The molecule has 6 heteroatoms. The number of rotatable bonds is 4. The number of benzene rings is 1. The number of nitrogens with zero attached hydrogens (tertiary/aromatic N) is 1. The van der Waals surface area contributed by atoms with Crippen LogP contribution in [0.3, 0.4) is 0 Å². The summed E-state index contributed by atoms with van der Waals surface area (Å²) in [4.78, 5) is 11.9. The van der Waals surface area contributed by atoms with Gasteiger partial charge in [-0.05, 0) is 37.0 Å². The van der Waals surface area contributed by atoms with Gasteiger partial charge in [0.15, 0.2) is 5.84 Å². The number of halogens is 1. The lowest BCUT2D eigenvalue weighted by Gasteiger charge is -2.12. The first-order chi connectivity index (χ1) is 9.02. The molecule has 1 fully saturated rings. The van der Waals surface area contributed by atoms with E-state index < -0.39 is 5.82 Å². The minimum atomic E-state index is -0.608. The molecule has 0 aromatic heterocycles. The molecule has 1 saturated carbocycles. The summed E-state index contributed by atoms with van der Waals surface area (Å²) in [6.07, 6.45) is 2.15. The van der Waals surface area contributed by atoms with E-state index in [0.717, 1.165) is 12.8 Å². The highest BCUT2D eigenvalue weighted by atomic mass is 19.1. The van der Waals surface area contributed by atoms with Crippen LogP contribution in [0.15, 0.2) is 23.4 Å². The molecule has 102 valence electrons. The second-order valence-corrected chi connectivity index (χ2v) is 4.80. The van der Waals surface area contributed by atoms with Crippen molar-refractivity contribution in [2.75, 3.05) is 5.32 Å². The molecular formula is C13H16FN3O2. The van der Waals surface area contributed by atoms with E-state index in [2.05, 4.69) is 10.5 Å². The van der Waals surface area contributed by atoms with Crippen molar-refractivity contribution in [1.29, 1.82) is 0 Å². The third-order valence-corrected chi connectivity index (χ3v) is 3.36. The van der Waals surface area contributed by atoms with Crippen LogP contribution in [0.1, 0.15) is 25.3 Å². The standard InChI is InChI=1S/C13H16FN3O2/c1-7(8-2-3-8)13(18)16-9-4-5-11(14)10(6-9)12(15)17-19/h4-8,19H,2-3H2,1H3,(H2,15,17)(H,16,18). The maximum absolute atomic E-state index is 13.5. The molecule has 1 atom stereocenters. The van der Waals surface area contributed by atoms with Gasteiger partial charge in [-0.15, -0.1) is 0 Å². The SMILES string of the molecule is CC(C(=O)Nc1ccc(F)c(/C(N)=N/O)c1)C1CC1. The normalized spacial score (nSPS) is 17.1. The highest BCUT2D eigenvalue weighted by molar-refractivity contribution is 5.99. The minimum absolute atomic E-state index is 0.0422. The number of hydrogen-bond acceptors (Lipinski definition) is 3. The van der Waals surface area contributed by atoms with Crippen LogP contribution in [0.2, 0.25) is 0 Å². The Balaban J connectivity index is 2.14. The Bertz CT molecular complexity index is 527. The minimum Gasteiger partial charge on any atom is -0.409 e. The van der Waals surface area contributed by atoms with Crippen LogP contribution in [0.25, 0.3) is 0 Å². The number of amides is 1. The van der Waals surface area contributed by atoms with E-state index in [4.69, 9.17) is 10.9 Å². The van der Waals surface area contributed by atoms with E-state index in [9.17, 15) is 9.18 Å². The first-order valence-electron chi connectivity index (χ1n) is 6.11. The fraction of sp³-hybridized carbons (Fsp3) is 0.385. The van der Waals surface area contributed by atoms with E-state index in [0.29, 0.717) is 11.6 Å². The monoisotopic (exact) mass is 265 g/mol. The number of nitrogens with two attached hydrogens (primary N) is 1. The van der Waals surface area contributed by atoms with Crippen LogP contribution in [0, 0.1) is 17.7 Å². The van der Waals surface area contributed by atoms with Crippen molar-refractivity contribution in [3.05, 3.63) is 29.6 Å². The third-order valence-electron chi connectivity index (χ3n) is 3.36. The summed E-state index contributed by atoms with van der Waals surface area (Å²) >= 11 is 0. The summed E-state index contributed by atoms with van der Waals surface area (Å²) < 4.78 is 13.5. The molecule has 0 bridgehead atoms. The molecule has 19 heavy (non-hydrogen) atoms. The molecule has 0 heterocycles. The number of carbonyl (C=O) groups is 1. The van der Waals surface area contributed by atoms with Gasteiger partial charge in [0, 0.05) is 11.6 Å². The second-order valence-electron chi connectivity index (χ2n) is 4.80. The predicted octanol–water partition coefficient (Wildman–Crippen LogP) is 1.90. The van der Waals surface area contributed by atoms with Crippen molar-refractivity contribution in [1.82, 2.24) is 0 Å². The van der Waals surface area contributed by atoms with Gasteiger partial charge in [0.2, 0.25) is 5.91 Å². The van der Waals surface area contributed by atoms with Gasteiger partial charge in [0.1, 0.15) is 5.82 Å². The molecule has 0 aliphatic heterocycles. The first-order valence-corrected chi connectivity index (χ1v) is 6.11. The van der Waals surface area contributed by atoms with Crippen molar-refractivity contribution in [3.63, 3.8) is 0 Å². The smallest absolute Gasteiger partial charge is 0.227 e. The van der Waals surface area contributed by atoms with E-state index in [1.54, 1.807) is 0 Å². The first kappa shape index (κ1) is 13.3. The topological polar surface area (TPSA) is 87.7 Å². The summed E-state index contributed by atoms with van der Waals surface area (Å²) in [7, 11) is 0. The van der Waals surface area contributed by atoms with Gasteiger partial charge in [-0.1, -0.05) is 12.1 Å². The lowest BCUT2D eigenvalue weighted by atomic mass is 10.1. The predicted molar refractivity (Wildman–Crippen MR) is 69.4 cm³/mol. The zero-order valence-corrected chi connectivity index (χ0v) is 10.6. The molecule has 1 aliphatic rings. The van der Waals surface area contributed by atoms with Crippen molar-refractivity contribution in [2.45, 2.75) is 19.8 Å². The van der Waals surface area contributed by atoms with Crippen molar-refractivity contribution in [2.24, 2.45) is 22.7 Å². The molecule has 1 amide bonds. The van der Waals surface area contributed by atoms with Crippen LogP contribution in [-0.2, 0) is 4.79 Å². The molecule has 1 aromatic rings. The Kier molecular flexibility index (Phi) is 3.69. The molecule has 1 aliphatic carbocycles. The van der Waals surface area contributed by atoms with E-state index in [-0.39, 0.29) is 23.2 Å². The van der Waals surface area contributed by atoms with Crippen LogP contribution in [0.5, 0.6) is 0 Å². The Morgan fingerprint density at radius 2 is 2.26 bits per heavy atom. The number of amidine groups is 1. The largest absolute Gasteiger partial charge is 0.409 e. The highest BCUT2D eigenvalue weighted by Crippen LogP contribution is 2.37. The van der Waals surface area contributed by atoms with E-state index in [1.807, 2.05) is 6.92 Å². The molecule has 0 saturated heterocycles. The molecule has 1 aromatic carbocycles. The van der Waals surface area contributed by atoms with Gasteiger partial charge in [0.25, 0.3) is 0 Å². The lowest BCUT2D eigenvalue weighted by Crippen LogP contribution is -2.22. The summed E-state index contributed by atoms with van der Waals surface area (Å²) in [5.41, 5.74) is 5.75. The van der Waals surface area contributed by atoms with Crippen molar-refractivity contribution < 1.29 is 14.4 Å². The van der Waals surface area contributed by atoms with Gasteiger partial charge < -0.3 is 16.3 Å². The average Bonchev–Trinajstić information content (AvgIpc) is 3.23. The number of oxime groups is 1. The Hall–Kier alpha value is -2.11. The molecule has 4 N–H and O–H groups in total. The molecule has 0 radical (unpaired) electrons. The third kappa shape index (κ3) is 3.01. The Morgan fingerprint density at radius 1 is 1.58 bits per heavy atom. The van der Waals surface area contributed by atoms with Crippen LogP contribution < -0.4 is 11.1 Å². The highest BCUT2D eigenvalue weighted by Gasteiger charge is 2.32. The van der Waals surface area contributed by atoms with Crippen molar-refractivity contribution in [3.8, 4) is 0 Å². The molecule has 2 rings (SSSR count). The Labute approximate surface area is 110 Å². The maximum atomic E-state index is 13.5. The summed E-state index contributed by atoms with van der Waals surface area (Å²) in [6, 6.07) is 3.97. The molecule has 5 nitrogen and oxygen atoms in total. The van der Waals surface area contributed by atoms with Gasteiger partial charge >= 0.3 is 0 Å². The fourth-order valence-electron chi connectivity index (χ4n) is 1.92. The summed E-state index contributed by atoms with van der Waals surface area (Å²) in [5, 5.41) is 14.0. The van der Waals surface area contributed by atoms with Crippen LogP contribution in [-0.4, -0.2) is 17.0 Å². The summed E-state index contributed by atoms with van der Waals surface area (Å²) in [5.74, 6) is -0.645. The Morgan fingerprint density at radius 3 is 2.84 bits per heavy atom. The zero-order chi connectivity index (χ0) is 14.0. The van der Waals surface area contributed by atoms with E-state index >= 15 is 0 Å². The van der Waals surface area contributed by atoms with Crippen LogP contribution in [0.4, 0.5) is 10.1 Å². The maximum Gasteiger partial charge on any atom is 0.227 e. The fourth-order valence-corrected chi connectivity index (χ4v) is 1.92. The van der Waals surface area contributed by atoms with Gasteiger partial charge in [-0.25, -0.2) is 4.39 Å². The zero-order valence-electron chi connectivity index (χ0n) is 10.6. The lowest BCUT2D eigenvalue weighted by molar-refractivity contribution is -0.119. The van der Waals surface area contributed by atoms with Gasteiger partial charge in [-0.3, -0.25) is 4.79 Å². The van der Waals surface area contributed by atoms with Crippen LogP contribution >= 0.6 is 0 Å². The molecule has 0 spiro atoms. The van der Waals surface area contributed by atoms with Gasteiger partial charge in [-0.2, -0.15) is 0 Å². The summed E-state index contributed by atoms with van der Waals surface area (Å²) in [6.45, 7) is 1.88. The quantitative estimate of drug-likeness (QED) is 0.336. The number of nitrogens with one attached hydrogen (secondary N) is 1. The number of anilines is 1. The number of carbonyl (C=O) groups excluding carboxylic acids is 1. The number of hydrogen-bond donors (Lipinski definition) is 3. The van der Waals surface area contributed by atoms with E-state index in [1.165, 1.54) is 18.2 Å².